The van der Waals surface area contributed by atoms with Gasteiger partial charge in [-0.15, -0.1) is 0 Å². The van der Waals surface area contributed by atoms with Crippen LogP contribution in [-0.2, 0) is 25.7 Å². The van der Waals surface area contributed by atoms with Gasteiger partial charge in [-0.2, -0.15) is 26.3 Å². The molecule has 1 aromatic heterocycles. The van der Waals surface area contributed by atoms with Crippen molar-refractivity contribution < 1.29 is 55.7 Å². The van der Waals surface area contributed by atoms with Crippen molar-refractivity contribution >= 4 is 17.8 Å². The van der Waals surface area contributed by atoms with Crippen molar-refractivity contribution in [3.8, 4) is 0 Å². The Balaban J connectivity index is 0.000000449. The lowest BCUT2D eigenvalue weighted by molar-refractivity contribution is -0.193. The van der Waals surface area contributed by atoms with Gasteiger partial charge in [-0.05, 0) is 50.9 Å². The molecule has 9 nitrogen and oxygen atoms in total. The number of likely N-dealkylation sites (N-methyl/N-ethyl adjacent to an activating group) is 1. The molecular formula is C24H33F6N3O6. The summed E-state index contributed by atoms with van der Waals surface area (Å²) in [4.78, 5) is 38.8. The SMILES string of the molecule is CCCCC(=O)N1CC2(CC(COCc3ccccn3)CCN2C)C1.O=C(O)C(F)(F)F.O=C(O)C(F)(F)F. The number of nitrogens with zero attached hydrogens (tertiary/aromatic N) is 3. The Morgan fingerprint density at radius 3 is 2.10 bits per heavy atom. The number of aliphatic carboxylic acids is 2. The normalized spacial score (nSPS) is 18.7. The third kappa shape index (κ3) is 11.8. The number of piperidine rings is 1. The lowest BCUT2D eigenvalue weighted by Gasteiger charge is -2.58. The number of rotatable bonds is 7. The van der Waals surface area contributed by atoms with E-state index in [1.165, 1.54) is 6.42 Å². The van der Waals surface area contributed by atoms with E-state index >= 15 is 0 Å². The lowest BCUT2D eigenvalue weighted by Crippen LogP contribution is -2.72. The lowest BCUT2D eigenvalue weighted by atomic mass is 9.75. The number of carbonyl (C=O) groups excluding carboxylic acids is 1. The largest absolute Gasteiger partial charge is 0.490 e. The van der Waals surface area contributed by atoms with Gasteiger partial charge in [0.1, 0.15) is 0 Å². The Hall–Kier alpha value is -2.94. The zero-order valence-corrected chi connectivity index (χ0v) is 21.6. The van der Waals surface area contributed by atoms with Crippen molar-refractivity contribution in [3.63, 3.8) is 0 Å². The molecular weight excluding hydrogens is 540 g/mol. The van der Waals surface area contributed by atoms with Gasteiger partial charge in [0.15, 0.2) is 0 Å². The van der Waals surface area contributed by atoms with Gasteiger partial charge in [0.05, 0.1) is 24.4 Å². The Morgan fingerprint density at radius 2 is 1.64 bits per heavy atom. The predicted octanol–water partition coefficient (Wildman–Crippen LogP) is 3.98. The third-order valence-electron chi connectivity index (χ3n) is 6.23. The number of hydrogen-bond donors (Lipinski definition) is 2. The van der Waals surface area contributed by atoms with Crippen LogP contribution in [0.4, 0.5) is 26.3 Å². The zero-order chi connectivity index (χ0) is 29.9. The number of unbranched alkanes of at least 4 members (excludes halogenated alkanes) is 1. The minimum Gasteiger partial charge on any atom is -0.475 e. The molecule has 2 saturated heterocycles. The van der Waals surface area contributed by atoms with Gasteiger partial charge in [0, 0.05) is 25.7 Å². The molecule has 1 aromatic rings. The number of likely N-dealkylation sites (tertiary alicyclic amines) is 2. The Bertz CT molecular complexity index is 899. The minimum atomic E-state index is -5.08. The van der Waals surface area contributed by atoms with Crippen LogP contribution in [0.5, 0.6) is 0 Å². The molecule has 0 aliphatic carbocycles. The Labute approximate surface area is 221 Å². The summed E-state index contributed by atoms with van der Waals surface area (Å²) in [6.07, 6.45) is -3.27. The molecule has 15 heteroatoms. The van der Waals surface area contributed by atoms with Crippen LogP contribution in [-0.4, -0.2) is 94.0 Å². The summed E-state index contributed by atoms with van der Waals surface area (Å²) in [7, 11) is 2.21. The number of carbonyl (C=O) groups is 3. The van der Waals surface area contributed by atoms with Gasteiger partial charge in [0.2, 0.25) is 5.91 Å². The van der Waals surface area contributed by atoms with Gasteiger partial charge in [0.25, 0.3) is 0 Å². The summed E-state index contributed by atoms with van der Waals surface area (Å²) in [6.45, 7) is 6.38. The number of ether oxygens (including phenoxy) is 1. The molecule has 1 spiro atoms. The van der Waals surface area contributed by atoms with E-state index in [0.29, 0.717) is 24.9 Å². The average molecular weight is 574 g/mol. The van der Waals surface area contributed by atoms with Crippen molar-refractivity contribution in [2.45, 2.75) is 63.5 Å². The molecule has 2 fully saturated rings. The maximum Gasteiger partial charge on any atom is 0.490 e. The van der Waals surface area contributed by atoms with Crippen molar-refractivity contribution in [3.05, 3.63) is 30.1 Å². The number of hydrogen-bond acceptors (Lipinski definition) is 6. The molecule has 0 saturated carbocycles. The van der Waals surface area contributed by atoms with Gasteiger partial charge in [-0.1, -0.05) is 19.4 Å². The topological polar surface area (TPSA) is 120 Å². The van der Waals surface area contributed by atoms with Gasteiger partial charge in [-0.3, -0.25) is 14.7 Å². The van der Waals surface area contributed by atoms with E-state index in [0.717, 1.165) is 51.2 Å². The highest BCUT2D eigenvalue weighted by atomic mass is 19.4. The van der Waals surface area contributed by atoms with Crippen LogP contribution in [0, 0.1) is 5.92 Å². The van der Waals surface area contributed by atoms with Crippen molar-refractivity contribution in [1.29, 1.82) is 0 Å². The van der Waals surface area contributed by atoms with Crippen molar-refractivity contribution in [1.82, 2.24) is 14.8 Å². The molecule has 1 unspecified atom stereocenters. The van der Waals surface area contributed by atoms with E-state index in [2.05, 4.69) is 23.9 Å². The molecule has 222 valence electrons. The first-order chi connectivity index (χ1) is 18.0. The van der Waals surface area contributed by atoms with E-state index in [-0.39, 0.29) is 5.54 Å². The molecule has 1 amide bonds. The second kappa shape index (κ2) is 15.0. The number of pyridine rings is 1. The molecule has 0 bridgehead atoms. The Morgan fingerprint density at radius 1 is 1.08 bits per heavy atom. The van der Waals surface area contributed by atoms with Crippen LogP contribution in [0.15, 0.2) is 24.4 Å². The summed E-state index contributed by atoms with van der Waals surface area (Å²) in [5.74, 6) is -4.61. The highest BCUT2D eigenvalue weighted by Crippen LogP contribution is 2.38. The van der Waals surface area contributed by atoms with E-state index in [1.54, 1.807) is 0 Å². The zero-order valence-electron chi connectivity index (χ0n) is 21.6. The molecule has 2 aliphatic rings. The first-order valence-corrected chi connectivity index (χ1v) is 12.1. The summed E-state index contributed by atoms with van der Waals surface area (Å²) in [5, 5.41) is 14.2. The smallest absolute Gasteiger partial charge is 0.475 e. The van der Waals surface area contributed by atoms with Crippen LogP contribution in [0.1, 0.15) is 44.7 Å². The Kier molecular flexibility index (Phi) is 13.1. The number of carboxylic acid groups (broad SMARTS) is 2. The van der Waals surface area contributed by atoms with Gasteiger partial charge >= 0.3 is 24.3 Å². The first-order valence-electron chi connectivity index (χ1n) is 12.1. The molecule has 1 atom stereocenters. The van der Waals surface area contributed by atoms with E-state index in [4.69, 9.17) is 24.5 Å². The molecule has 39 heavy (non-hydrogen) atoms. The van der Waals surface area contributed by atoms with Crippen LogP contribution in [0.2, 0.25) is 0 Å². The summed E-state index contributed by atoms with van der Waals surface area (Å²) in [5.41, 5.74) is 1.17. The standard InChI is InChI=1S/C20H31N3O2.2C2HF3O2/c1-3-4-8-19(24)23-15-20(16-23)12-17(9-11-22(20)2)13-25-14-18-7-5-6-10-21-18;2*3-2(4,5)1(6)7/h5-7,10,17H,3-4,8-9,11-16H2,1-2H3;2*(H,6,7). The number of aromatic nitrogens is 1. The monoisotopic (exact) mass is 573 g/mol. The fraction of sp³-hybridized carbons (Fsp3) is 0.667. The fourth-order valence-electron chi connectivity index (χ4n) is 4.06. The molecule has 0 radical (unpaired) electrons. The summed E-state index contributed by atoms with van der Waals surface area (Å²) >= 11 is 0. The highest BCUT2D eigenvalue weighted by molar-refractivity contribution is 5.77. The number of carboxylic acids is 2. The quantitative estimate of drug-likeness (QED) is 0.471. The van der Waals surface area contributed by atoms with Crippen LogP contribution >= 0.6 is 0 Å². The summed E-state index contributed by atoms with van der Waals surface area (Å²) < 4.78 is 69.4. The molecule has 3 rings (SSSR count). The predicted molar refractivity (Wildman–Crippen MR) is 125 cm³/mol. The van der Waals surface area contributed by atoms with Gasteiger partial charge < -0.3 is 19.8 Å². The number of halogens is 6. The second-order valence-electron chi connectivity index (χ2n) is 9.30. The van der Waals surface area contributed by atoms with Crippen molar-refractivity contribution in [2.24, 2.45) is 5.92 Å². The van der Waals surface area contributed by atoms with Crippen LogP contribution in [0.3, 0.4) is 0 Å². The first kappa shape index (κ1) is 34.1. The van der Waals surface area contributed by atoms with E-state index < -0.39 is 24.3 Å². The summed E-state index contributed by atoms with van der Waals surface area (Å²) in [6, 6.07) is 5.92. The number of alkyl halides is 6. The van der Waals surface area contributed by atoms with E-state index in [1.807, 2.05) is 29.3 Å². The maximum absolute atomic E-state index is 12.2. The number of amides is 1. The minimum absolute atomic E-state index is 0.180. The average Bonchev–Trinajstić information content (AvgIpc) is 2.82. The maximum atomic E-state index is 12.2. The van der Waals surface area contributed by atoms with Crippen molar-refractivity contribution in [2.75, 3.05) is 33.3 Å². The van der Waals surface area contributed by atoms with E-state index in [9.17, 15) is 31.1 Å². The molecule has 3 heterocycles. The molecule has 0 aromatic carbocycles. The van der Waals surface area contributed by atoms with Gasteiger partial charge in [-0.25, -0.2) is 9.59 Å². The molecule has 2 N–H and O–H groups in total. The highest BCUT2D eigenvalue weighted by Gasteiger charge is 2.50. The van der Waals surface area contributed by atoms with Crippen LogP contribution in [0.25, 0.3) is 0 Å². The molecule has 2 aliphatic heterocycles. The second-order valence-corrected chi connectivity index (χ2v) is 9.30. The third-order valence-corrected chi connectivity index (χ3v) is 6.23. The fourth-order valence-corrected chi connectivity index (χ4v) is 4.06. The van der Waals surface area contributed by atoms with Crippen LogP contribution < -0.4 is 0 Å².